The predicted molar refractivity (Wildman–Crippen MR) is 147 cm³/mol. The first-order valence-electron chi connectivity index (χ1n) is 12.8. The Balaban J connectivity index is 1.56. The van der Waals surface area contributed by atoms with E-state index in [4.69, 9.17) is 9.15 Å². The third kappa shape index (κ3) is 4.42. The number of Topliss-reactive ketones (excluding diaryl/α,β-unsaturated/α-hetero) is 1. The average molecular weight is 519 g/mol. The minimum absolute atomic E-state index is 0.0640. The second-order valence-electron chi connectivity index (χ2n) is 9.64. The van der Waals surface area contributed by atoms with E-state index in [1.807, 2.05) is 54.6 Å². The quantitative estimate of drug-likeness (QED) is 0.320. The Morgan fingerprint density at radius 3 is 2.33 bits per heavy atom. The number of fused-ring (bicyclic) bond motifs is 1. The molecule has 6 rings (SSSR count). The fourth-order valence-corrected chi connectivity index (χ4v) is 5.49. The largest absolute Gasteiger partial charge is 0.469 e. The SMILES string of the molecule is COC(=O)c1ccc([C@H]2C3=C(C[C@H](c4ccco4)CC3=O)Nc3ccccc3N2C(=O)c2ccccc2)cc1. The molecule has 2 atom stereocenters. The summed E-state index contributed by atoms with van der Waals surface area (Å²) in [7, 11) is 1.33. The Bertz CT molecular complexity index is 1570. The molecule has 1 amide bonds. The van der Waals surface area contributed by atoms with Gasteiger partial charge in [0.1, 0.15) is 5.76 Å². The highest BCUT2D eigenvalue weighted by Gasteiger charge is 2.42. The molecule has 0 spiro atoms. The summed E-state index contributed by atoms with van der Waals surface area (Å²) in [5.41, 5.74) is 4.28. The Hall–Kier alpha value is -4.91. The van der Waals surface area contributed by atoms with E-state index in [9.17, 15) is 14.4 Å². The molecule has 0 bridgehead atoms. The number of hydrogen-bond donors (Lipinski definition) is 1. The number of carbonyl (C=O) groups excluding carboxylic acids is 3. The summed E-state index contributed by atoms with van der Waals surface area (Å²) in [6.07, 6.45) is 2.42. The number of amides is 1. The van der Waals surface area contributed by atoms with Gasteiger partial charge in [0.05, 0.1) is 36.4 Å². The first-order valence-corrected chi connectivity index (χ1v) is 12.8. The molecule has 4 aromatic rings. The molecule has 194 valence electrons. The normalized spacial score (nSPS) is 18.5. The van der Waals surface area contributed by atoms with Crippen LogP contribution in [0.5, 0.6) is 0 Å². The van der Waals surface area contributed by atoms with Gasteiger partial charge in [0.25, 0.3) is 5.91 Å². The lowest BCUT2D eigenvalue weighted by atomic mass is 9.80. The van der Waals surface area contributed by atoms with Gasteiger partial charge in [0, 0.05) is 29.2 Å². The van der Waals surface area contributed by atoms with Gasteiger partial charge >= 0.3 is 5.97 Å². The van der Waals surface area contributed by atoms with Gasteiger partial charge in [-0.1, -0.05) is 42.5 Å². The standard InChI is InChI=1S/C32H26N2O5/c1-38-32(37)22-15-13-20(14-16-22)30-29-25(18-23(19-27(29)35)28-12-7-17-39-28)33-24-10-5-6-11-26(24)34(30)31(36)21-8-3-2-4-9-21/h2-17,23,30,33H,18-19H2,1H3/t23-,30-/m0/s1. The molecule has 1 aliphatic heterocycles. The summed E-state index contributed by atoms with van der Waals surface area (Å²) in [5, 5.41) is 3.51. The third-order valence-corrected chi connectivity index (χ3v) is 7.32. The lowest BCUT2D eigenvalue weighted by Gasteiger charge is -2.35. The Morgan fingerprint density at radius 2 is 1.62 bits per heavy atom. The van der Waals surface area contributed by atoms with Crippen LogP contribution in [0.2, 0.25) is 0 Å². The number of allylic oxidation sites excluding steroid dienone is 1. The molecular weight excluding hydrogens is 492 g/mol. The molecule has 7 nitrogen and oxygen atoms in total. The number of ether oxygens (including phenoxy) is 1. The van der Waals surface area contributed by atoms with E-state index in [1.165, 1.54) is 7.11 Å². The van der Waals surface area contributed by atoms with Crippen molar-refractivity contribution in [2.45, 2.75) is 24.8 Å². The van der Waals surface area contributed by atoms with Crippen LogP contribution < -0.4 is 10.2 Å². The number of rotatable bonds is 4. The third-order valence-electron chi connectivity index (χ3n) is 7.32. The minimum Gasteiger partial charge on any atom is -0.469 e. The fraction of sp³-hybridized carbons (Fsp3) is 0.156. The zero-order chi connectivity index (χ0) is 26.9. The molecule has 0 saturated carbocycles. The molecule has 1 aromatic heterocycles. The molecule has 3 aromatic carbocycles. The number of carbonyl (C=O) groups is 3. The van der Waals surface area contributed by atoms with Crippen LogP contribution in [-0.4, -0.2) is 24.8 Å². The highest BCUT2D eigenvalue weighted by molar-refractivity contribution is 6.12. The number of benzene rings is 3. The topological polar surface area (TPSA) is 88.8 Å². The van der Waals surface area contributed by atoms with E-state index in [0.29, 0.717) is 34.4 Å². The fourth-order valence-electron chi connectivity index (χ4n) is 5.49. The first-order chi connectivity index (χ1) is 19.0. The summed E-state index contributed by atoms with van der Waals surface area (Å²) in [4.78, 5) is 42.1. The Labute approximate surface area is 225 Å². The van der Waals surface area contributed by atoms with Gasteiger partial charge in [0.15, 0.2) is 5.78 Å². The predicted octanol–water partition coefficient (Wildman–Crippen LogP) is 6.28. The molecule has 2 heterocycles. The van der Waals surface area contributed by atoms with Gasteiger partial charge in [-0.3, -0.25) is 14.5 Å². The number of furan rings is 1. The molecule has 0 fully saturated rings. The molecule has 2 aliphatic rings. The molecular formula is C32H26N2O5. The van der Waals surface area contributed by atoms with E-state index in [-0.39, 0.29) is 24.0 Å². The van der Waals surface area contributed by atoms with Crippen molar-refractivity contribution in [3.05, 3.63) is 131 Å². The molecule has 39 heavy (non-hydrogen) atoms. The molecule has 0 unspecified atom stereocenters. The van der Waals surface area contributed by atoms with Gasteiger partial charge in [-0.25, -0.2) is 4.79 Å². The van der Waals surface area contributed by atoms with Crippen molar-refractivity contribution >= 4 is 29.0 Å². The van der Waals surface area contributed by atoms with Gasteiger partial charge in [-0.05, 0) is 60.5 Å². The number of esters is 1. The van der Waals surface area contributed by atoms with Crippen molar-refractivity contribution in [3.8, 4) is 0 Å². The number of ketones is 1. The van der Waals surface area contributed by atoms with Crippen LogP contribution in [0.25, 0.3) is 0 Å². The summed E-state index contributed by atoms with van der Waals surface area (Å²) in [6.45, 7) is 0. The van der Waals surface area contributed by atoms with Crippen LogP contribution in [-0.2, 0) is 9.53 Å². The molecule has 1 aliphatic carbocycles. The number of hydrogen-bond acceptors (Lipinski definition) is 6. The van der Waals surface area contributed by atoms with Crippen molar-refractivity contribution in [2.24, 2.45) is 0 Å². The number of para-hydroxylation sites is 2. The van der Waals surface area contributed by atoms with Crippen LogP contribution in [0.3, 0.4) is 0 Å². The average Bonchev–Trinajstić information content (AvgIpc) is 3.47. The maximum absolute atomic E-state index is 14.2. The molecule has 1 N–H and O–H groups in total. The zero-order valence-corrected chi connectivity index (χ0v) is 21.3. The van der Waals surface area contributed by atoms with E-state index >= 15 is 0 Å². The summed E-state index contributed by atoms with van der Waals surface area (Å²) >= 11 is 0. The maximum Gasteiger partial charge on any atom is 0.337 e. The van der Waals surface area contributed by atoms with Gasteiger partial charge in [-0.15, -0.1) is 0 Å². The Kier molecular flexibility index (Phi) is 6.32. The Morgan fingerprint density at radius 1 is 0.872 bits per heavy atom. The van der Waals surface area contributed by atoms with Crippen LogP contribution >= 0.6 is 0 Å². The van der Waals surface area contributed by atoms with Crippen molar-refractivity contribution in [1.29, 1.82) is 0 Å². The maximum atomic E-state index is 14.2. The number of nitrogens with zero attached hydrogens (tertiary/aromatic N) is 1. The van der Waals surface area contributed by atoms with Crippen LogP contribution in [0, 0.1) is 0 Å². The van der Waals surface area contributed by atoms with Gasteiger partial charge < -0.3 is 14.5 Å². The van der Waals surface area contributed by atoms with E-state index in [0.717, 1.165) is 17.1 Å². The molecule has 0 saturated heterocycles. The van der Waals surface area contributed by atoms with Gasteiger partial charge in [-0.2, -0.15) is 0 Å². The number of nitrogens with one attached hydrogen (secondary N) is 1. The smallest absolute Gasteiger partial charge is 0.337 e. The summed E-state index contributed by atoms with van der Waals surface area (Å²) in [6, 6.07) is 26.5. The highest BCUT2D eigenvalue weighted by Crippen LogP contribution is 2.47. The second kappa shape index (κ2) is 10.1. The highest BCUT2D eigenvalue weighted by atomic mass is 16.5. The van der Waals surface area contributed by atoms with E-state index in [2.05, 4.69) is 5.32 Å². The van der Waals surface area contributed by atoms with Crippen molar-refractivity contribution < 1.29 is 23.5 Å². The van der Waals surface area contributed by atoms with Gasteiger partial charge in [0.2, 0.25) is 0 Å². The first kappa shape index (κ1) is 24.4. The van der Waals surface area contributed by atoms with Crippen molar-refractivity contribution in [3.63, 3.8) is 0 Å². The van der Waals surface area contributed by atoms with Crippen LogP contribution in [0.4, 0.5) is 11.4 Å². The minimum atomic E-state index is -0.722. The molecule has 0 radical (unpaired) electrons. The monoisotopic (exact) mass is 518 g/mol. The summed E-state index contributed by atoms with van der Waals surface area (Å²) < 4.78 is 10.5. The van der Waals surface area contributed by atoms with Crippen molar-refractivity contribution in [2.75, 3.05) is 17.3 Å². The lowest BCUT2D eigenvalue weighted by Crippen LogP contribution is -2.38. The summed E-state index contributed by atoms with van der Waals surface area (Å²) in [5.74, 6) is -0.121. The van der Waals surface area contributed by atoms with E-state index < -0.39 is 12.0 Å². The van der Waals surface area contributed by atoms with Crippen LogP contribution in [0.1, 0.15) is 56.8 Å². The number of methoxy groups -OCH3 is 1. The van der Waals surface area contributed by atoms with E-state index in [1.54, 1.807) is 47.6 Å². The van der Waals surface area contributed by atoms with Crippen LogP contribution in [0.15, 0.2) is 113 Å². The number of anilines is 2. The van der Waals surface area contributed by atoms with Crippen molar-refractivity contribution in [1.82, 2.24) is 0 Å². The lowest BCUT2D eigenvalue weighted by molar-refractivity contribution is -0.116. The molecule has 7 heteroatoms. The second-order valence-corrected chi connectivity index (χ2v) is 9.64. The zero-order valence-electron chi connectivity index (χ0n) is 21.3.